The molecule has 17 heavy (non-hydrogen) atoms. The summed E-state index contributed by atoms with van der Waals surface area (Å²) < 4.78 is 0. The van der Waals surface area contributed by atoms with Crippen LogP contribution in [0.2, 0.25) is 0 Å². The SMILES string of the molecule is N#CC(C#N)=Cc1ccc(O)c2ncccc12. The van der Waals surface area contributed by atoms with E-state index in [0.717, 1.165) is 0 Å². The summed E-state index contributed by atoms with van der Waals surface area (Å²) in [6, 6.07) is 10.2. The molecule has 1 aromatic heterocycles. The number of aromatic hydroxyl groups is 1. The Morgan fingerprint density at radius 2 is 2.00 bits per heavy atom. The lowest BCUT2D eigenvalue weighted by Crippen LogP contribution is -1.84. The van der Waals surface area contributed by atoms with Crippen molar-refractivity contribution in [3.05, 3.63) is 41.6 Å². The molecule has 4 heteroatoms. The van der Waals surface area contributed by atoms with E-state index < -0.39 is 0 Å². The molecule has 0 unspecified atom stereocenters. The van der Waals surface area contributed by atoms with Crippen molar-refractivity contribution in [3.63, 3.8) is 0 Å². The maximum Gasteiger partial charge on any atom is 0.141 e. The zero-order chi connectivity index (χ0) is 12.3. The molecule has 0 atom stereocenters. The predicted octanol–water partition coefficient (Wildman–Crippen LogP) is 2.37. The first-order valence-corrected chi connectivity index (χ1v) is 4.85. The Kier molecular flexibility index (Phi) is 2.72. The molecule has 0 radical (unpaired) electrons. The Labute approximate surface area is 97.7 Å². The summed E-state index contributed by atoms with van der Waals surface area (Å²) in [6.07, 6.45) is 3.05. The third kappa shape index (κ3) is 1.92. The van der Waals surface area contributed by atoms with Crippen molar-refractivity contribution in [1.82, 2.24) is 4.98 Å². The minimum absolute atomic E-state index is 0.0147. The summed E-state index contributed by atoms with van der Waals surface area (Å²) >= 11 is 0. The van der Waals surface area contributed by atoms with E-state index in [0.29, 0.717) is 16.5 Å². The molecule has 0 amide bonds. The van der Waals surface area contributed by atoms with Crippen molar-refractivity contribution in [1.29, 1.82) is 10.5 Å². The van der Waals surface area contributed by atoms with Crippen molar-refractivity contribution in [2.75, 3.05) is 0 Å². The van der Waals surface area contributed by atoms with Crippen molar-refractivity contribution < 1.29 is 5.11 Å². The van der Waals surface area contributed by atoms with Crippen molar-refractivity contribution in [2.45, 2.75) is 0 Å². The molecule has 80 valence electrons. The number of allylic oxidation sites excluding steroid dienone is 1. The maximum absolute atomic E-state index is 9.63. The minimum atomic E-state index is 0.0147. The van der Waals surface area contributed by atoms with Crippen LogP contribution in [-0.4, -0.2) is 10.1 Å². The average Bonchev–Trinajstić information content (AvgIpc) is 2.38. The van der Waals surface area contributed by atoms with Gasteiger partial charge in [0.25, 0.3) is 0 Å². The van der Waals surface area contributed by atoms with Crippen LogP contribution in [0.25, 0.3) is 17.0 Å². The van der Waals surface area contributed by atoms with Crippen LogP contribution in [0.1, 0.15) is 5.56 Å². The van der Waals surface area contributed by atoms with Gasteiger partial charge in [0.1, 0.15) is 29.0 Å². The van der Waals surface area contributed by atoms with Gasteiger partial charge in [-0.3, -0.25) is 4.98 Å². The number of hydrogen-bond acceptors (Lipinski definition) is 4. The van der Waals surface area contributed by atoms with E-state index in [1.807, 2.05) is 0 Å². The monoisotopic (exact) mass is 221 g/mol. The number of aromatic nitrogens is 1. The largest absolute Gasteiger partial charge is 0.506 e. The van der Waals surface area contributed by atoms with E-state index in [2.05, 4.69) is 4.98 Å². The first-order valence-electron chi connectivity index (χ1n) is 4.85. The molecule has 0 aliphatic carbocycles. The molecule has 0 saturated heterocycles. The highest BCUT2D eigenvalue weighted by Gasteiger charge is 2.05. The molecule has 1 N–H and O–H groups in total. The lowest BCUT2D eigenvalue weighted by molar-refractivity contribution is 0.480. The van der Waals surface area contributed by atoms with E-state index in [4.69, 9.17) is 10.5 Å². The number of pyridine rings is 1. The van der Waals surface area contributed by atoms with E-state index in [1.54, 1.807) is 36.5 Å². The van der Waals surface area contributed by atoms with E-state index in [9.17, 15) is 5.11 Å². The summed E-state index contributed by atoms with van der Waals surface area (Å²) in [6.45, 7) is 0. The van der Waals surface area contributed by atoms with Crippen LogP contribution in [-0.2, 0) is 0 Å². The van der Waals surface area contributed by atoms with Crippen LogP contribution in [0.4, 0.5) is 0 Å². The Balaban J connectivity index is 2.74. The lowest BCUT2D eigenvalue weighted by atomic mass is 10.1. The van der Waals surface area contributed by atoms with Crippen molar-refractivity contribution in [2.24, 2.45) is 0 Å². The molecule has 4 nitrogen and oxygen atoms in total. The van der Waals surface area contributed by atoms with Crippen LogP contribution in [0.15, 0.2) is 36.0 Å². The molecule has 0 aliphatic rings. The van der Waals surface area contributed by atoms with Gasteiger partial charge in [-0.05, 0) is 23.8 Å². The van der Waals surface area contributed by atoms with Crippen LogP contribution < -0.4 is 0 Å². The van der Waals surface area contributed by atoms with Crippen molar-refractivity contribution >= 4 is 17.0 Å². The van der Waals surface area contributed by atoms with Gasteiger partial charge < -0.3 is 5.11 Å². The highest BCUT2D eigenvalue weighted by molar-refractivity contribution is 5.92. The zero-order valence-corrected chi connectivity index (χ0v) is 8.75. The third-order valence-corrected chi connectivity index (χ3v) is 2.32. The fourth-order valence-corrected chi connectivity index (χ4v) is 1.55. The Bertz CT molecular complexity index is 674. The van der Waals surface area contributed by atoms with Crippen LogP contribution in [0, 0.1) is 22.7 Å². The summed E-state index contributed by atoms with van der Waals surface area (Å²) in [5, 5.41) is 27.8. The van der Waals surface area contributed by atoms with Gasteiger partial charge in [0.2, 0.25) is 0 Å². The Hall–Kier alpha value is -2.85. The van der Waals surface area contributed by atoms with Crippen LogP contribution >= 0.6 is 0 Å². The number of rotatable bonds is 1. The third-order valence-electron chi connectivity index (χ3n) is 2.32. The Morgan fingerprint density at radius 3 is 2.71 bits per heavy atom. The van der Waals surface area contributed by atoms with Gasteiger partial charge in [0, 0.05) is 11.6 Å². The first kappa shape index (κ1) is 10.7. The van der Waals surface area contributed by atoms with Crippen LogP contribution in [0.3, 0.4) is 0 Å². The molecule has 0 bridgehead atoms. The summed E-state index contributed by atoms with van der Waals surface area (Å²) in [5.41, 5.74) is 1.15. The number of fused-ring (bicyclic) bond motifs is 1. The van der Waals surface area contributed by atoms with E-state index >= 15 is 0 Å². The molecule has 1 aromatic carbocycles. The topological polar surface area (TPSA) is 80.7 Å². The van der Waals surface area contributed by atoms with E-state index in [-0.39, 0.29) is 11.3 Å². The number of nitriles is 2. The minimum Gasteiger partial charge on any atom is -0.506 e. The fraction of sp³-hybridized carbons (Fsp3) is 0. The molecule has 1 heterocycles. The highest BCUT2D eigenvalue weighted by atomic mass is 16.3. The molecule has 0 aliphatic heterocycles. The first-order chi connectivity index (χ1) is 8.26. The number of phenols is 1. The summed E-state index contributed by atoms with van der Waals surface area (Å²) in [5.74, 6) is 0.0771. The van der Waals surface area contributed by atoms with Gasteiger partial charge in [0.15, 0.2) is 0 Å². The quantitative estimate of drug-likeness (QED) is 0.749. The van der Waals surface area contributed by atoms with Gasteiger partial charge in [-0.25, -0.2) is 0 Å². The molecule has 0 spiro atoms. The number of nitrogens with zero attached hydrogens (tertiary/aromatic N) is 3. The standard InChI is InChI=1S/C13H7N3O/c14-7-9(8-15)6-10-3-4-12(17)13-11(10)2-1-5-16-13/h1-6,17H. The van der Waals surface area contributed by atoms with Crippen LogP contribution in [0.5, 0.6) is 5.75 Å². The second-order valence-corrected chi connectivity index (χ2v) is 3.36. The number of phenolic OH excluding ortho intramolecular Hbond substituents is 1. The van der Waals surface area contributed by atoms with Crippen molar-refractivity contribution in [3.8, 4) is 17.9 Å². The average molecular weight is 221 g/mol. The van der Waals surface area contributed by atoms with Gasteiger partial charge in [0.05, 0.1) is 0 Å². The zero-order valence-electron chi connectivity index (χ0n) is 8.75. The fourth-order valence-electron chi connectivity index (χ4n) is 1.55. The second kappa shape index (κ2) is 4.34. The molecule has 0 saturated carbocycles. The van der Waals surface area contributed by atoms with E-state index in [1.165, 1.54) is 12.1 Å². The number of benzene rings is 1. The normalized spacial score (nSPS) is 9.29. The maximum atomic E-state index is 9.63. The van der Waals surface area contributed by atoms with Gasteiger partial charge in [-0.1, -0.05) is 12.1 Å². The molecule has 0 fully saturated rings. The summed E-state index contributed by atoms with van der Waals surface area (Å²) in [7, 11) is 0. The lowest BCUT2D eigenvalue weighted by Gasteiger charge is -2.03. The number of hydrogen-bond donors (Lipinski definition) is 1. The Morgan fingerprint density at radius 1 is 1.24 bits per heavy atom. The highest BCUT2D eigenvalue weighted by Crippen LogP contribution is 2.26. The van der Waals surface area contributed by atoms with Gasteiger partial charge in [-0.2, -0.15) is 10.5 Å². The molecule has 2 aromatic rings. The predicted molar refractivity (Wildman–Crippen MR) is 62.6 cm³/mol. The molecule has 2 rings (SSSR count). The summed E-state index contributed by atoms with van der Waals surface area (Å²) in [4.78, 5) is 4.06. The second-order valence-electron chi connectivity index (χ2n) is 3.36. The smallest absolute Gasteiger partial charge is 0.141 e. The van der Waals surface area contributed by atoms with Gasteiger partial charge >= 0.3 is 0 Å². The molecular weight excluding hydrogens is 214 g/mol. The molecular formula is C13H7N3O. The van der Waals surface area contributed by atoms with Gasteiger partial charge in [-0.15, -0.1) is 0 Å².